The molecule has 2 rings (SSSR count). The van der Waals surface area contributed by atoms with E-state index in [0.29, 0.717) is 18.6 Å². The van der Waals surface area contributed by atoms with Gasteiger partial charge in [0.1, 0.15) is 0 Å². The largest absolute Gasteiger partial charge is 0.378 e. The molecule has 1 saturated carbocycles. The number of amides is 1. The molecule has 20 heavy (non-hydrogen) atoms. The third kappa shape index (κ3) is 3.73. The summed E-state index contributed by atoms with van der Waals surface area (Å²) < 4.78 is 5.92. The van der Waals surface area contributed by atoms with Crippen LogP contribution in [-0.4, -0.2) is 37.2 Å². The van der Waals surface area contributed by atoms with Gasteiger partial charge in [-0.15, -0.1) is 0 Å². The van der Waals surface area contributed by atoms with E-state index in [4.69, 9.17) is 4.74 Å². The van der Waals surface area contributed by atoms with Crippen molar-refractivity contribution in [3.8, 4) is 0 Å². The van der Waals surface area contributed by atoms with Crippen molar-refractivity contribution in [1.82, 2.24) is 10.6 Å². The maximum absolute atomic E-state index is 12.1. The van der Waals surface area contributed by atoms with Crippen LogP contribution in [0, 0.1) is 5.41 Å². The lowest BCUT2D eigenvalue weighted by atomic mass is 9.64. The number of ether oxygens (including phenoxy) is 1. The van der Waals surface area contributed by atoms with Crippen LogP contribution < -0.4 is 10.6 Å². The predicted octanol–water partition coefficient (Wildman–Crippen LogP) is 2.23. The molecule has 2 aliphatic rings. The number of carbonyl (C=O) groups excluding carboxylic acids is 1. The Hall–Kier alpha value is -0.610. The van der Waals surface area contributed by atoms with Crippen LogP contribution in [0.25, 0.3) is 0 Å². The molecule has 2 fully saturated rings. The molecule has 4 heteroatoms. The molecule has 0 spiro atoms. The molecule has 1 saturated heterocycles. The van der Waals surface area contributed by atoms with Crippen LogP contribution in [0.15, 0.2) is 0 Å². The van der Waals surface area contributed by atoms with Crippen LogP contribution in [-0.2, 0) is 9.53 Å². The summed E-state index contributed by atoms with van der Waals surface area (Å²) in [5, 5.41) is 6.57. The normalized spacial score (nSPS) is 31.9. The summed E-state index contributed by atoms with van der Waals surface area (Å²) >= 11 is 0. The first-order valence-corrected chi connectivity index (χ1v) is 8.18. The number of hydrogen-bond donors (Lipinski definition) is 2. The van der Waals surface area contributed by atoms with E-state index < -0.39 is 0 Å². The second kappa shape index (κ2) is 6.90. The van der Waals surface area contributed by atoms with E-state index in [0.717, 1.165) is 32.4 Å². The first-order valence-electron chi connectivity index (χ1n) is 8.18. The Kier molecular flexibility index (Phi) is 5.44. The molecule has 2 N–H and O–H groups in total. The third-order valence-electron chi connectivity index (χ3n) is 4.92. The van der Waals surface area contributed by atoms with Gasteiger partial charge in [0.15, 0.2) is 0 Å². The van der Waals surface area contributed by atoms with Crippen LogP contribution in [0.5, 0.6) is 0 Å². The zero-order valence-corrected chi connectivity index (χ0v) is 13.2. The zero-order chi connectivity index (χ0) is 14.6. The van der Waals surface area contributed by atoms with Crippen LogP contribution >= 0.6 is 0 Å². The highest BCUT2D eigenvalue weighted by atomic mass is 16.5. The molecular formula is C16H30N2O2. The molecule has 0 aromatic heterocycles. The molecule has 0 radical (unpaired) electrons. The Morgan fingerprint density at radius 3 is 2.85 bits per heavy atom. The molecule has 116 valence electrons. The summed E-state index contributed by atoms with van der Waals surface area (Å²) in [6.45, 7) is 8.48. The lowest BCUT2D eigenvalue weighted by molar-refractivity contribution is -0.138. The maximum atomic E-state index is 12.1. The van der Waals surface area contributed by atoms with E-state index in [1.54, 1.807) is 0 Å². The fourth-order valence-electron chi connectivity index (χ4n) is 3.19. The Balaban J connectivity index is 1.70. The highest BCUT2D eigenvalue weighted by Crippen LogP contribution is 2.42. The average molecular weight is 282 g/mol. The van der Waals surface area contributed by atoms with E-state index in [2.05, 4.69) is 31.4 Å². The van der Waals surface area contributed by atoms with Crippen LogP contribution in [0.3, 0.4) is 0 Å². The minimum Gasteiger partial charge on any atom is -0.378 e. The van der Waals surface area contributed by atoms with Gasteiger partial charge >= 0.3 is 0 Å². The fraction of sp³-hybridized carbons (Fsp3) is 0.938. The van der Waals surface area contributed by atoms with Crippen molar-refractivity contribution < 1.29 is 9.53 Å². The maximum Gasteiger partial charge on any atom is 0.221 e. The van der Waals surface area contributed by atoms with Crippen molar-refractivity contribution in [3.63, 3.8) is 0 Å². The smallest absolute Gasteiger partial charge is 0.221 e. The molecule has 1 heterocycles. The highest BCUT2D eigenvalue weighted by molar-refractivity contribution is 5.77. The van der Waals surface area contributed by atoms with Crippen molar-refractivity contribution in [3.05, 3.63) is 0 Å². The number of hydrogen-bond acceptors (Lipinski definition) is 3. The molecule has 0 aromatic rings. The van der Waals surface area contributed by atoms with Crippen LogP contribution in [0.1, 0.15) is 59.3 Å². The van der Waals surface area contributed by atoms with Crippen molar-refractivity contribution >= 4 is 5.91 Å². The summed E-state index contributed by atoms with van der Waals surface area (Å²) in [5.74, 6) is 0.189. The van der Waals surface area contributed by atoms with Gasteiger partial charge < -0.3 is 15.4 Å². The number of rotatable bonds is 7. The Bertz CT molecular complexity index is 324. The summed E-state index contributed by atoms with van der Waals surface area (Å²) in [5.41, 5.74) is 0.0620. The second-order valence-corrected chi connectivity index (χ2v) is 6.89. The minimum atomic E-state index is 0.0620. The van der Waals surface area contributed by atoms with Crippen LogP contribution in [0.2, 0.25) is 0 Å². The summed E-state index contributed by atoms with van der Waals surface area (Å²) in [6.07, 6.45) is 6.49. The van der Waals surface area contributed by atoms with E-state index in [1.807, 2.05) is 0 Å². The topological polar surface area (TPSA) is 50.4 Å². The quantitative estimate of drug-likeness (QED) is 0.704. The minimum absolute atomic E-state index is 0.0620. The van der Waals surface area contributed by atoms with E-state index in [-0.39, 0.29) is 17.4 Å². The molecule has 1 amide bonds. The SMILES string of the molecule is CCCCOC1CC(NC(=O)CC2CCCN2)C1(C)C. The number of unbranched alkanes of at least 4 members (excludes halogenated alkanes) is 1. The van der Waals surface area contributed by atoms with Crippen LogP contribution in [0.4, 0.5) is 0 Å². The van der Waals surface area contributed by atoms with E-state index >= 15 is 0 Å². The molecule has 0 aromatic carbocycles. The lowest BCUT2D eigenvalue weighted by Crippen LogP contribution is -2.62. The van der Waals surface area contributed by atoms with Gasteiger partial charge in [-0.05, 0) is 32.2 Å². The van der Waals surface area contributed by atoms with E-state index in [9.17, 15) is 4.79 Å². The predicted molar refractivity (Wildman–Crippen MR) is 80.6 cm³/mol. The van der Waals surface area contributed by atoms with Crippen molar-refractivity contribution in [2.45, 2.75) is 77.5 Å². The van der Waals surface area contributed by atoms with E-state index in [1.165, 1.54) is 12.8 Å². The molecule has 1 aliphatic heterocycles. The van der Waals surface area contributed by atoms with Gasteiger partial charge in [0.25, 0.3) is 0 Å². The molecule has 0 bridgehead atoms. The Labute approximate surface area is 123 Å². The molecule has 3 unspecified atom stereocenters. The second-order valence-electron chi connectivity index (χ2n) is 6.89. The first-order chi connectivity index (χ1) is 9.54. The van der Waals surface area contributed by atoms with Gasteiger partial charge in [-0.2, -0.15) is 0 Å². The van der Waals surface area contributed by atoms with Crippen molar-refractivity contribution in [1.29, 1.82) is 0 Å². The number of nitrogens with one attached hydrogen (secondary N) is 2. The van der Waals surface area contributed by atoms with Gasteiger partial charge in [-0.3, -0.25) is 4.79 Å². The molecule has 3 atom stereocenters. The third-order valence-corrected chi connectivity index (χ3v) is 4.92. The Morgan fingerprint density at radius 2 is 2.25 bits per heavy atom. The summed E-state index contributed by atoms with van der Waals surface area (Å²) in [7, 11) is 0. The first kappa shape index (κ1) is 15.8. The van der Waals surface area contributed by atoms with Gasteiger partial charge in [-0.1, -0.05) is 27.2 Å². The van der Waals surface area contributed by atoms with Gasteiger partial charge in [0.2, 0.25) is 5.91 Å². The lowest BCUT2D eigenvalue weighted by Gasteiger charge is -2.51. The van der Waals surface area contributed by atoms with Gasteiger partial charge in [-0.25, -0.2) is 0 Å². The monoisotopic (exact) mass is 282 g/mol. The van der Waals surface area contributed by atoms with Crippen molar-refractivity contribution in [2.75, 3.05) is 13.2 Å². The van der Waals surface area contributed by atoms with Gasteiger partial charge in [0.05, 0.1) is 6.10 Å². The highest BCUT2D eigenvalue weighted by Gasteiger charge is 2.49. The molecule has 1 aliphatic carbocycles. The average Bonchev–Trinajstić information content (AvgIpc) is 2.89. The zero-order valence-electron chi connectivity index (χ0n) is 13.2. The summed E-state index contributed by atoms with van der Waals surface area (Å²) in [4.78, 5) is 12.1. The fourth-order valence-corrected chi connectivity index (χ4v) is 3.19. The Morgan fingerprint density at radius 1 is 1.45 bits per heavy atom. The van der Waals surface area contributed by atoms with Crippen molar-refractivity contribution in [2.24, 2.45) is 5.41 Å². The van der Waals surface area contributed by atoms with Gasteiger partial charge in [0, 0.05) is 30.5 Å². The molecule has 4 nitrogen and oxygen atoms in total. The standard InChI is InChI=1S/C16H30N2O2/c1-4-5-9-20-14-11-13(16(14,2)3)18-15(19)10-12-7-6-8-17-12/h12-14,17H,4-11H2,1-3H3,(H,18,19). The number of carbonyl (C=O) groups is 1. The summed E-state index contributed by atoms with van der Waals surface area (Å²) in [6, 6.07) is 0.651. The molecular weight excluding hydrogens is 252 g/mol.